The molecule has 0 spiro atoms. The second-order valence-corrected chi connectivity index (χ2v) is 22.0. The number of fused-ring (bicyclic) bond motifs is 1. The van der Waals surface area contributed by atoms with Crippen LogP contribution >= 0.6 is 0 Å². The number of rotatable bonds is 30. The first-order valence-electron chi connectivity index (χ1n) is 21.9. The van der Waals surface area contributed by atoms with Crippen molar-refractivity contribution in [3.05, 3.63) is 30.0 Å². The van der Waals surface area contributed by atoms with Crippen LogP contribution in [0.1, 0.15) is 49.4 Å². The third kappa shape index (κ3) is 16.9. The van der Waals surface area contributed by atoms with Gasteiger partial charge >= 0.3 is 6.09 Å². The highest BCUT2D eigenvalue weighted by Crippen LogP contribution is 2.40. The fourth-order valence-electron chi connectivity index (χ4n) is 6.89. The Bertz CT molecular complexity index is 1660. The first-order chi connectivity index (χ1) is 29.9. The van der Waals surface area contributed by atoms with E-state index in [1.807, 2.05) is 6.92 Å². The number of carbonyl (C=O) groups excluding carboxylic acids is 3. The fourth-order valence-corrected chi connectivity index (χ4v) is 7.60. The number of nitrogens with one attached hydrogen (secondary N) is 2. The number of amides is 3. The summed E-state index contributed by atoms with van der Waals surface area (Å²) in [6, 6.07) is 6.09. The molecule has 0 unspecified atom stereocenters. The Morgan fingerprint density at radius 2 is 1.44 bits per heavy atom. The maximum absolute atomic E-state index is 13.2. The summed E-state index contributed by atoms with van der Waals surface area (Å²) in [5, 5.41) is 6.13. The Hall–Kier alpha value is -4.11. The van der Waals surface area contributed by atoms with Gasteiger partial charge in [-0.1, -0.05) is 39.4 Å². The lowest BCUT2D eigenvalue weighted by Gasteiger charge is -2.43. The van der Waals surface area contributed by atoms with Crippen LogP contribution in [0, 0.1) is 0 Å². The number of nitrogens with zero attached hydrogens (tertiary/aromatic N) is 5. The smallest absolute Gasteiger partial charge is 0.409 e. The summed E-state index contributed by atoms with van der Waals surface area (Å²) >= 11 is 0. The van der Waals surface area contributed by atoms with E-state index in [1.165, 1.54) is 4.90 Å². The van der Waals surface area contributed by atoms with Crippen LogP contribution in [0.2, 0.25) is 25.7 Å². The second kappa shape index (κ2) is 27.2. The molecule has 1 saturated carbocycles. The number of hydrogen-bond donors (Lipinski definition) is 2. The molecule has 1 fully saturated rings. The van der Waals surface area contributed by atoms with Gasteiger partial charge in [-0.3, -0.25) is 9.59 Å². The van der Waals surface area contributed by atoms with Gasteiger partial charge in [0.1, 0.15) is 17.5 Å². The molecule has 0 bridgehead atoms. The zero-order chi connectivity index (χ0) is 44.7. The SMILES string of the molecule is CC[C@@H]1C(=O)N(C)c2cnc(Nc3ccc(C(=O)NCCOCCOCCOCCOCCOCCOCCN(C)C(=O)OCC[Si](C)(C)C)cc3OC)nc2N1C1CCCC1. The van der Waals surface area contributed by atoms with Crippen LogP contribution in [0.4, 0.5) is 27.9 Å². The number of anilines is 4. The third-order valence-corrected chi connectivity index (χ3v) is 12.2. The summed E-state index contributed by atoms with van der Waals surface area (Å²) in [6.07, 6.45) is 6.41. The summed E-state index contributed by atoms with van der Waals surface area (Å²) in [5.41, 5.74) is 1.74. The van der Waals surface area contributed by atoms with E-state index in [-0.39, 0.29) is 30.0 Å². The number of benzene rings is 1. The number of ether oxygens (including phenoxy) is 8. The largest absolute Gasteiger partial charge is 0.495 e. The van der Waals surface area contributed by atoms with Crippen LogP contribution < -0.4 is 25.2 Å². The van der Waals surface area contributed by atoms with Crippen LogP contribution in [0.25, 0.3) is 0 Å². The van der Waals surface area contributed by atoms with Crippen molar-refractivity contribution in [1.82, 2.24) is 20.2 Å². The van der Waals surface area contributed by atoms with Crippen LogP contribution in [0.15, 0.2) is 24.4 Å². The van der Waals surface area contributed by atoms with Crippen LogP contribution in [0.3, 0.4) is 0 Å². The van der Waals surface area contributed by atoms with Gasteiger partial charge in [0, 0.05) is 46.9 Å². The minimum atomic E-state index is -1.23. The van der Waals surface area contributed by atoms with E-state index in [9.17, 15) is 14.4 Å². The van der Waals surface area contributed by atoms with E-state index in [2.05, 4.69) is 40.2 Å². The zero-order valence-corrected chi connectivity index (χ0v) is 39.0. The van der Waals surface area contributed by atoms with Gasteiger partial charge in [0.25, 0.3) is 5.91 Å². The average molecular weight is 890 g/mol. The van der Waals surface area contributed by atoms with Crippen molar-refractivity contribution in [2.75, 3.05) is 135 Å². The van der Waals surface area contributed by atoms with E-state index in [0.717, 1.165) is 37.5 Å². The van der Waals surface area contributed by atoms with Crippen LogP contribution in [-0.2, 0) is 38.0 Å². The first-order valence-corrected chi connectivity index (χ1v) is 25.6. The van der Waals surface area contributed by atoms with Crippen molar-refractivity contribution in [2.24, 2.45) is 0 Å². The summed E-state index contributed by atoms with van der Waals surface area (Å²) in [5.74, 6) is 1.40. The summed E-state index contributed by atoms with van der Waals surface area (Å²) in [7, 11) is 3.80. The Morgan fingerprint density at radius 1 is 0.855 bits per heavy atom. The lowest BCUT2D eigenvalue weighted by molar-refractivity contribution is -0.120. The van der Waals surface area contributed by atoms with Gasteiger partial charge in [0.2, 0.25) is 11.9 Å². The summed E-state index contributed by atoms with van der Waals surface area (Å²) in [4.78, 5) is 53.0. The quantitative estimate of drug-likeness (QED) is 0.0792. The molecule has 0 saturated heterocycles. The van der Waals surface area contributed by atoms with E-state index in [4.69, 9.17) is 42.9 Å². The number of methoxy groups -OCH3 is 1. The van der Waals surface area contributed by atoms with Gasteiger partial charge in [-0.2, -0.15) is 4.98 Å². The van der Waals surface area contributed by atoms with Crippen molar-refractivity contribution >= 4 is 49.1 Å². The number of hydrogen-bond acceptors (Lipinski definition) is 15. The predicted octanol–water partition coefficient (Wildman–Crippen LogP) is 4.97. The maximum atomic E-state index is 13.2. The molecule has 19 heteroatoms. The lowest BCUT2D eigenvalue weighted by Crippen LogP contribution is -2.55. The maximum Gasteiger partial charge on any atom is 0.409 e. The molecule has 1 atom stereocenters. The van der Waals surface area contributed by atoms with Crippen molar-refractivity contribution < 1.29 is 52.3 Å². The molecule has 4 rings (SSSR count). The minimum Gasteiger partial charge on any atom is -0.495 e. The van der Waals surface area contributed by atoms with Crippen LogP contribution in [-0.4, -0.2) is 173 Å². The first kappa shape index (κ1) is 50.5. The normalized spacial score (nSPS) is 15.5. The Kier molecular flexibility index (Phi) is 22.1. The third-order valence-electron chi connectivity index (χ3n) is 10.5. The van der Waals surface area contributed by atoms with Crippen molar-refractivity contribution in [1.29, 1.82) is 0 Å². The van der Waals surface area contributed by atoms with E-state index < -0.39 is 8.07 Å². The highest BCUT2D eigenvalue weighted by atomic mass is 28.3. The molecule has 2 N–H and O–H groups in total. The standard InChI is InChI=1S/C43H71N7O11Si/c1-8-36-41(52)49(3)37-32-45-42(47-39(37)50(36)34-11-9-10-12-34)46-35-14-13-33(31-38(35)54-4)40(51)44-15-17-55-19-21-57-23-25-59-27-28-60-26-24-58-22-20-56-18-16-48(2)43(53)61-29-30-62(5,6)7/h13-14,31-32,34,36H,8-12,15-30H2,1-7H3,(H,44,51)(H,45,46,47)/t36-/m1/s1. The van der Waals surface area contributed by atoms with Crippen molar-refractivity contribution in [2.45, 2.75) is 76.8 Å². The predicted molar refractivity (Wildman–Crippen MR) is 240 cm³/mol. The fraction of sp³-hybridized carbons (Fsp3) is 0.698. The van der Waals surface area contributed by atoms with E-state index >= 15 is 0 Å². The Labute approximate surface area is 368 Å². The van der Waals surface area contributed by atoms with Gasteiger partial charge in [-0.05, 0) is 43.5 Å². The molecule has 3 amide bonds. The van der Waals surface area contributed by atoms with Gasteiger partial charge in [0.15, 0.2) is 5.82 Å². The monoisotopic (exact) mass is 889 g/mol. The molecule has 348 valence electrons. The molecule has 62 heavy (non-hydrogen) atoms. The molecule has 1 aromatic carbocycles. The molecule has 1 aliphatic heterocycles. The van der Waals surface area contributed by atoms with Crippen LogP contribution in [0.5, 0.6) is 5.75 Å². The zero-order valence-electron chi connectivity index (χ0n) is 38.0. The van der Waals surface area contributed by atoms with Gasteiger partial charge in [0.05, 0.1) is 105 Å². The van der Waals surface area contributed by atoms with E-state index in [1.54, 1.807) is 50.5 Å². The number of carbonyl (C=O) groups is 3. The molecule has 1 aliphatic carbocycles. The Morgan fingerprint density at radius 3 is 2.00 bits per heavy atom. The molecule has 2 aliphatic rings. The topological polar surface area (TPSA) is 185 Å². The molecular formula is C43H71N7O11Si. The van der Waals surface area contributed by atoms with E-state index in [0.29, 0.717) is 134 Å². The van der Waals surface area contributed by atoms with Gasteiger partial charge < -0.3 is 63.2 Å². The second-order valence-electron chi connectivity index (χ2n) is 16.4. The molecule has 2 heterocycles. The van der Waals surface area contributed by atoms with Crippen molar-refractivity contribution in [3.8, 4) is 5.75 Å². The lowest BCUT2D eigenvalue weighted by atomic mass is 10.0. The average Bonchev–Trinajstić information content (AvgIpc) is 3.79. The molecule has 2 aromatic rings. The van der Waals surface area contributed by atoms with Gasteiger partial charge in [-0.15, -0.1) is 0 Å². The molecule has 0 radical (unpaired) electrons. The van der Waals surface area contributed by atoms with Crippen molar-refractivity contribution in [3.63, 3.8) is 0 Å². The number of likely N-dealkylation sites (N-methyl/N-ethyl adjacent to an activating group) is 2. The number of aromatic nitrogens is 2. The highest BCUT2D eigenvalue weighted by Gasteiger charge is 2.41. The highest BCUT2D eigenvalue weighted by molar-refractivity contribution is 6.76. The molecule has 18 nitrogen and oxygen atoms in total. The Balaban J connectivity index is 0.988. The summed E-state index contributed by atoms with van der Waals surface area (Å²) < 4.78 is 44.2. The molecular weight excluding hydrogens is 819 g/mol. The minimum absolute atomic E-state index is 0.0637. The summed E-state index contributed by atoms with van der Waals surface area (Å²) in [6.45, 7) is 15.1. The molecule has 1 aromatic heterocycles. The van der Waals surface area contributed by atoms with Gasteiger partial charge in [-0.25, -0.2) is 9.78 Å².